The van der Waals surface area contributed by atoms with E-state index >= 15 is 0 Å². The van der Waals surface area contributed by atoms with Gasteiger partial charge < -0.3 is 10.5 Å². The van der Waals surface area contributed by atoms with Gasteiger partial charge in [-0.2, -0.15) is 10.4 Å². The molecule has 1 atom stereocenters. The molecule has 1 amide bonds. The predicted molar refractivity (Wildman–Crippen MR) is 105 cm³/mol. The summed E-state index contributed by atoms with van der Waals surface area (Å²) in [4.78, 5) is 11.8. The number of ether oxygens (including phenoxy) is 1. The Morgan fingerprint density at radius 3 is 2.77 bits per heavy atom. The summed E-state index contributed by atoms with van der Waals surface area (Å²) in [5.41, 5.74) is 9.75. The Labute approximate surface area is 167 Å². The number of amides is 1. The molecular weight excluding hydrogens is 420 g/mol. The molecule has 1 aliphatic heterocycles. The van der Waals surface area contributed by atoms with Crippen molar-refractivity contribution in [3.63, 3.8) is 0 Å². The third-order valence-electron chi connectivity index (χ3n) is 4.95. The monoisotopic (exact) mass is 440 g/mol. The number of halogens is 2. The van der Waals surface area contributed by atoms with Gasteiger partial charge in [0.05, 0.1) is 11.6 Å². The highest BCUT2D eigenvalue weighted by Crippen LogP contribution is 2.41. The molecule has 1 unspecified atom stereocenters. The predicted octanol–water partition coefficient (Wildman–Crippen LogP) is 3.85. The fourth-order valence-electron chi connectivity index (χ4n) is 3.78. The summed E-state index contributed by atoms with van der Waals surface area (Å²) in [6.45, 7) is 2.02. The maximum absolute atomic E-state index is 11.8. The van der Waals surface area contributed by atoms with Gasteiger partial charge in [-0.1, -0.05) is 22.0 Å². The van der Waals surface area contributed by atoms with Gasteiger partial charge in [-0.25, -0.2) is 10.2 Å². The van der Waals surface area contributed by atoms with Crippen LogP contribution in [0, 0.1) is 17.2 Å². The van der Waals surface area contributed by atoms with E-state index in [0.717, 1.165) is 42.1 Å². The number of carbonyl (C=O) groups excluding carboxylic acids is 1. The summed E-state index contributed by atoms with van der Waals surface area (Å²) in [5.74, 6) is 0.546. The lowest BCUT2D eigenvalue weighted by Crippen LogP contribution is -2.52. The lowest BCUT2D eigenvalue weighted by molar-refractivity contribution is 0.0158. The van der Waals surface area contributed by atoms with Crippen molar-refractivity contribution in [1.82, 2.24) is 5.43 Å². The molecule has 140 valence electrons. The fraction of sp³-hybridized carbons (Fsp3) is 0.500. The molecular formula is C18H22BrClN4O2. The van der Waals surface area contributed by atoms with E-state index in [0.29, 0.717) is 17.2 Å². The van der Waals surface area contributed by atoms with Crippen LogP contribution < -0.4 is 11.2 Å². The van der Waals surface area contributed by atoms with E-state index in [1.807, 2.05) is 13.0 Å². The molecule has 1 aliphatic carbocycles. The number of nitrogens with zero attached hydrogens (tertiary/aromatic N) is 2. The van der Waals surface area contributed by atoms with Crippen LogP contribution in [-0.2, 0) is 4.74 Å². The minimum absolute atomic E-state index is 0. The molecule has 0 aromatic heterocycles. The Kier molecular flexibility index (Phi) is 6.67. The van der Waals surface area contributed by atoms with Gasteiger partial charge in [0.15, 0.2) is 5.60 Å². The van der Waals surface area contributed by atoms with Gasteiger partial charge in [0, 0.05) is 16.1 Å². The second kappa shape index (κ2) is 8.38. The highest BCUT2D eigenvalue weighted by Gasteiger charge is 2.46. The Balaban J connectivity index is 0.00000243. The first-order valence-electron chi connectivity index (χ1n) is 8.46. The molecule has 6 nitrogen and oxygen atoms in total. The van der Waals surface area contributed by atoms with Crippen molar-refractivity contribution in [3.05, 3.63) is 33.8 Å². The van der Waals surface area contributed by atoms with Crippen molar-refractivity contribution in [2.75, 3.05) is 0 Å². The normalized spacial score (nSPS) is 26.0. The molecule has 1 fully saturated rings. The summed E-state index contributed by atoms with van der Waals surface area (Å²) in [7, 11) is 0. The number of rotatable bonds is 3. The van der Waals surface area contributed by atoms with Crippen LogP contribution in [0.4, 0.5) is 4.79 Å². The molecule has 8 heteroatoms. The number of nitrogens with two attached hydrogens (primary N) is 1. The average molecular weight is 442 g/mol. The van der Waals surface area contributed by atoms with Gasteiger partial charge in [-0.3, -0.25) is 0 Å². The van der Waals surface area contributed by atoms with Crippen LogP contribution in [0.2, 0.25) is 0 Å². The first kappa shape index (κ1) is 20.7. The molecule has 2 aliphatic rings. The van der Waals surface area contributed by atoms with E-state index in [1.165, 1.54) is 0 Å². The van der Waals surface area contributed by atoms with Crippen LogP contribution in [0.15, 0.2) is 27.8 Å². The molecule has 0 bridgehead atoms. The summed E-state index contributed by atoms with van der Waals surface area (Å²) >= 11 is 3.52. The van der Waals surface area contributed by atoms with E-state index in [1.54, 1.807) is 12.1 Å². The lowest BCUT2D eigenvalue weighted by atomic mass is 9.73. The summed E-state index contributed by atoms with van der Waals surface area (Å²) in [5, 5.41) is 13.4. The van der Waals surface area contributed by atoms with Crippen molar-refractivity contribution in [1.29, 1.82) is 5.26 Å². The summed E-state index contributed by atoms with van der Waals surface area (Å²) in [6, 6.07) is 7.64. The van der Waals surface area contributed by atoms with E-state index < -0.39 is 11.7 Å². The lowest BCUT2D eigenvalue weighted by Gasteiger charge is -2.42. The third kappa shape index (κ3) is 4.20. The highest BCUT2D eigenvalue weighted by atomic mass is 79.9. The van der Waals surface area contributed by atoms with E-state index in [4.69, 9.17) is 15.7 Å². The first-order chi connectivity index (χ1) is 11.9. The molecule has 1 aromatic carbocycles. The molecule has 3 N–H and O–H groups in total. The van der Waals surface area contributed by atoms with Gasteiger partial charge in [-0.15, -0.1) is 12.4 Å². The molecule has 1 saturated carbocycles. The number of benzene rings is 1. The van der Waals surface area contributed by atoms with Crippen molar-refractivity contribution in [2.24, 2.45) is 16.8 Å². The smallest absolute Gasteiger partial charge is 0.428 e. The number of hydrogen-bond acceptors (Lipinski definition) is 5. The maximum atomic E-state index is 11.8. The van der Waals surface area contributed by atoms with Crippen LogP contribution in [0.25, 0.3) is 0 Å². The number of hydrogen-bond donors (Lipinski definition) is 2. The highest BCUT2D eigenvalue weighted by molar-refractivity contribution is 9.10. The molecule has 0 saturated heterocycles. The van der Waals surface area contributed by atoms with Crippen LogP contribution >= 0.6 is 28.3 Å². The number of hydrazone groups is 1. The van der Waals surface area contributed by atoms with Crippen LogP contribution in [-0.4, -0.2) is 23.4 Å². The minimum atomic E-state index is -0.715. The zero-order valence-corrected chi connectivity index (χ0v) is 16.9. The van der Waals surface area contributed by atoms with Gasteiger partial charge in [-0.05, 0) is 57.1 Å². The summed E-state index contributed by atoms with van der Waals surface area (Å²) < 4.78 is 6.51. The largest absolute Gasteiger partial charge is 0.435 e. The Morgan fingerprint density at radius 1 is 1.50 bits per heavy atom. The standard InChI is InChI=1S/C18H21BrN4O2.ClH/c1-11(21)8-12-4-6-18(7-5-12)16(22-23-17(24)25-18)14-3-2-13(10-20)9-15(14)19;/h2-3,9,11-12H,4-8,21H2,1H3,(H,23,24);1H. The second-order valence-corrected chi connectivity index (χ2v) is 7.77. The van der Waals surface area contributed by atoms with Crippen LogP contribution in [0.3, 0.4) is 0 Å². The van der Waals surface area contributed by atoms with Crippen molar-refractivity contribution >= 4 is 40.1 Å². The van der Waals surface area contributed by atoms with Crippen molar-refractivity contribution < 1.29 is 9.53 Å². The third-order valence-corrected chi connectivity index (χ3v) is 5.61. The van der Waals surface area contributed by atoms with Crippen LogP contribution in [0.5, 0.6) is 0 Å². The fourth-order valence-corrected chi connectivity index (χ4v) is 4.35. The Bertz CT molecular complexity index is 752. The van der Waals surface area contributed by atoms with Gasteiger partial charge in [0.2, 0.25) is 0 Å². The number of carbonyl (C=O) groups is 1. The van der Waals surface area contributed by atoms with E-state index in [2.05, 4.69) is 32.5 Å². The summed E-state index contributed by atoms with van der Waals surface area (Å²) in [6.07, 6.45) is 3.81. The van der Waals surface area contributed by atoms with Gasteiger partial charge >= 0.3 is 6.09 Å². The number of nitriles is 1. The van der Waals surface area contributed by atoms with E-state index in [9.17, 15) is 4.79 Å². The zero-order chi connectivity index (χ0) is 18.0. The zero-order valence-electron chi connectivity index (χ0n) is 14.5. The Morgan fingerprint density at radius 2 is 2.19 bits per heavy atom. The molecule has 0 radical (unpaired) electrons. The SMILES string of the molecule is CC(N)CC1CCC2(CC1)OC(=O)NN=C2c1ccc(C#N)cc1Br.Cl. The number of nitrogens with one attached hydrogen (secondary N) is 1. The topological polar surface area (TPSA) is 100 Å². The molecule has 1 aromatic rings. The molecule has 1 spiro atoms. The maximum Gasteiger partial charge on any atom is 0.428 e. The average Bonchev–Trinajstić information content (AvgIpc) is 2.57. The quantitative estimate of drug-likeness (QED) is 0.744. The molecule has 1 heterocycles. The van der Waals surface area contributed by atoms with Gasteiger partial charge in [0.1, 0.15) is 5.71 Å². The van der Waals surface area contributed by atoms with Crippen molar-refractivity contribution in [3.8, 4) is 6.07 Å². The first-order valence-corrected chi connectivity index (χ1v) is 9.25. The second-order valence-electron chi connectivity index (χ2n) is 6.92. The van der Waals surface area contributed by atoms with Crippen LogP contribution in [0.1, 0.15) is 50.2 Å². The van der Waals surface area contributed by atoms with E-state index in [-0.39, 0.29) is 18.4 Å². The minimum Gasteiger partial charge on any atom is -0.435 e. The molecule has 26 heavy (non-hydrogen) atoms. The molecule has 3 rings (SSSR count). The van der Waals surface area contributed by atoms with Crippen molar-refractivity contribution in [2.45, 2.75) is 50.7 Å². The van der Waals surface area contributed by atoms with Gasteiger partial charge in [0.25, 0.3) is 0 Å². The Hall–Kier alpha value is -1.62.